The third-order valence-electron chi connectivity index (χ3n) is 4.54. The number of piperidine rings is 1. The second-order valence-corrected chi connectivity index (χ2v) is 8.42. The maximum absolute atomic E-state index is 12.2. The molecule has 0 unspecified atom stereocenters. The van der Waals surface area contributed by atoms with Crippen LogP contribution in [-0.2, 0) is 9.47 Å². The van der Waals surface area contributed by atoms with Crippen LogP contribution in [0.1, 0.15) is 65.7 Å². The van der Waals surface area contributed by atoms with Crippen LogP contribution in [0.5, 0.6) is 0 Å². The van der Waals surface area contributed by atoms with E-state index in [0.717, 1.165) is 30.4 Å². The average Bonchev–Trinajstić information content (AvgIpc) is 2.47. The maximum Gasteiger partial charge on any atom is 0.410 e. The molecule has 1 aliphatic carbocycles. The van der Waals surface area contributed by atoms with E-state index in [-0.39, 0.29) is 11.7 Å². The van der Waals surface area contributed by atoms with Gasteiger partial charge < -0.3 is 14.4 Å². The zero-order valence-electron chi connectivity index (χ0n) is 14.2. The summed E-state index contributed by atoms with van der Waals surface area (Å²) in [4.78, 5) is 14.0. The Balaban J connectivity index is 1.86. The van der Waals surface area contributed by atoms with Gasteiger partial charge in [0, 0.05) is 17.5 Å². The summed E-state index contributed by atoms with van der Waals surface area (Å²) in [5.74, 6) is 0. The Morgan fingerprint density at radius 2 is 1.77 bits per heavy atom. The molecule has 4 nitrogen and oxygen atoms in total. The van der Waals surface area contributed by atoms with Gasteiger partial charge in [-0.3, -0.25) is 0 Å². The van der Waals surface area contributed by atoms with Crippen molar-refractivity contribution < 1.29 is 14.3 Å². The molecule has 22 heavy (non-hydrogen) atoms. The molecular weight excluding hydrogens is 393 g/mol. The number of halogens is 1. The Morgan fingerprint density at radius 3 is 2.27 bits per heavy atom. The van der Waals surface area contributed by atoms with Gasteiger partial charge >= 0.3 is 6.09 Å². The molecule has 5 heteroatoms. The van der Waals surface area contributed by atoms with Crippen molar-refractivity contribution in [1.82, 2.24) is 4.90 Å². The fourth-order valence-corrected chi connectivity index (χ4v) is 4.19. The second kappa shape index (κ2) is 7.69. The first kappa shape index (κ1) is 18.3. The van der Waals surface area contributed by atoms with Crippen molar-refractivity contribution in [3.63, 3.8) is 0 Å². The number of nitrogens with zero attached hydrogens (tertiary/aromatic N) is 1. The lowest BCUT2D eigenvalue weighted by molar-refractivity contribution is -0.116. The predicted molar refractivity (Wildman–Crippen MR) is 96.6 cm³/mol. The van der Waals surface area contributed by atoms with Crippen molar-refractivity contribution in [3.05, 3.63) is 0 Å². The van der Waals surface area contributed by atoms with E-state index in [9.17, 15) is 4.79 Å². The lowest BCUT2D eigenvalue weighted by Gasteiger charge is -2.43. The minimum Gasteiger partial charge on any atom is -0.444 e. The third-order valence-corrected chi connectivity index (χ3v) is 5.93. The summed E-state index contributed by atoms with van der Waals surface area (Å²) in [5, 5.41) is 0. The van der Waals surface area contributed by atoms with Crippen LogP contribution in [0.2, 0.25) is 0 Å². The van der Waals surface area contributed by atoms with Crippen LogP contribution in [0.25, 0.3) is 0 Å². The molecule has 0 spiro atoms. The molecule has 2 fully saturated rings. The molecule has 2 aliphatic rings. The lowest BCUT2D eigenvalue weighted by Crippen LogP contribution is -2.51. The maximum atomic E-state index is 12.2. The van der Waals surface area contributed by atoms with Gasteiger partial charge in [0.2, 0.25) is 0 Å². The highest BCUT2D eigenvalue weighted by molar-refractivity contribution is 14.1. The van der Waals surface area contributed by atoms with Crippen LogP contribution in [0.4, 0.5) is 4.79 Å². The molecule has 0 aromatic carbocycles. The molecule has 1 saturated carbocycles. The molecule has 0 aromatic heterocycles. The van der Waals surface area contributed by atoms with Crippen molar-refractivity contribution in [2.75, 3.05) is 17.5 Å². The molecule has 2 rings (SSSR count). The predicted octanol–water partition coefficient (Wildman–Crippen LogP) is 4.54. The third kappa shape index (κ3) is 5.25. The molecule has 1 aliphatic heterocycles. The number of alkyl halides is 1. The van der Waals surface area contributed by atoms with Crippen LogP contribution >= 0.6 is 22.6 Å². The number of ether oxygens (including phenoxy) is 2. The van der Waals surface area contributed by atoms with E-state index in [0.29, 0.717) is 6.10 Å². The van der Waals surface area contributed by atoms with E-state index in [1.807, 2.05) is 25.7 Å². The van der Waals surface area contributed by atoms with Crippen molar-refractivity contribution in [2.24, 2.45) is 0 Å². The van der Waals surface area contributed by atoms with E-state index in [1.54, 1.807) is 0 Å². The standard InChI is InChI=1S/C17H30INO3/c1-16(2,3)22-15(20)19-11-9-17(13-18,10-12-19)21-14-7-5-4-6-8-14/h14H,4-13H2,1-3H3. The minimum atomic E-state index is -0.423. The number of amides is 1. The zero-order chi connectivity index (χ0) is 16.2. The van der Waals surface area contributed by atoms with Gasteiger partial charge in [-0.2, -0.15) is 0 Å². The van der Waals surface area contributed by atoms with Crippen molar-refractivity contribution in [3.8, 4) is 0 Å². The Hall–Kier alpha value is -0.0400. The first-order chi connectivity index (χ1) is 10.3. The highest BCUT2D eigenvalue weighted by Crippen LogP contribution is 2.34. The number of carbonyl (C=O) groups is 1. The van der Waals surface area contributed by atoms with E-state index < -0.39 is 5.60 Å². The topological polar surface area (TPSA) is 38.8 Å². The molecule has 1 amide bonds. The summed E-state index contributed by atoms with van der Waals surface area (Å²) >= 11 is 2.44. The molecule has 128 valence electrons. The number of hydrogen-bond acceptors (Lipinski definition) is 3. The van der Waals surface area contributed by atoms with Gasteiger partial charge in [-0.25, -0.2) is 4.79 Å². The van der Waals surface area contributed by atoms with Crippen molar-refractivity contribution in [2.45, 2.75) is 83.0 Å². The highest BCUT2D eigenvalue weighted by atomic mass is 127. The van der Waals surface area contributed by atoms with Gasteiger partial charge in [-0.15, -0.1) is 0 Å². The largest absolute Gasteiger partial charge is 0.444 e. The smallest absolute Gasteiger partial charge is 0.410 e. The molecule has 0 N–H and O–H groups in total. The second-order valence-electron chi connectivity index (χ2n) is 7.66. The van der Waals surface area contributed by atoms with Gasteiger partial charge in [0.1, 0.15) is 5.60 Å². The van der Waals surface area contributed by atoms with Crippen molar-refractivity contribution in [1.29, 1.82) is 0 Å². The van der Waals surface area contributed by atoms with Gasteiger partial charge in [0.05, 0.1) is 11.7 Å². The van der Waals surface area contributed by atoms with Gasteiger partial charge in [-0.05, 0) is 46.5 Å². The molecule has 0 radical (unpaired) electrons. The first-order valence-corrected chi connectivity index (χ1v) is 10.1. The quantitative estimate of drug-likeness (QED) is 0.494. The summed E-state index contributed by atoms with van der Waals surface area (Å²) in [6.45, 7) is 7.22. The SMILES string of the molecule is CC(C)(C)OC(=O)N1CCC(CI)(OC2CCCCC2)CC1. The Labute approximate surface area is 148 Å². The fourth-order valence-electron chi connectivity index (χ4n) is 3.24. The van der Waals surface area contributed by atoms with E-state index >= 15 is 0 Å². The molecule has 1 heterocycles. The summed E-state index contributed by atoms with van der Waals surface area (Å²) < 4.78 is 13.0. The van der Waals surface area contributed by atoms with Crippen LogP contribution < -0.4 is 0 Å². The normalized spacial score (nSPS) is 23.4. The van der Waals surface area contributed by atoms with E-state index in [4.69, 9.17) is 9.47 Å². The lowest BCUT2D eigenvalue weighted by atomic mass is 9.91. The minimum absolute atomic E-state index is 0.0406. The molecular formula is C17H30INO3. The summed E-state index contributed by atoms with van der Waals surface area (Å²) in [5.41, 5.74) is -0.464. The Kier molecular flexibility index (Phi) is 6.39. The average molecular weight is 423 g/mol. The van der Waals surface area contributed by atoms with Crippen LogP contribution in [0.3, 0.4) is 0 Å². The Morgan fingerprint density at radius 1 is 1.18 bits per heavy atom. The van der Waals surface area contributed by atoms with Gasteiger partial charge in [0.25, 0.3) is 0 Å². The van der Waals surface area contributed by atoms with Gasteiger partial charge in [0.15, 0.2) is 0 Å². The molecule has 0 atom stereocenters. The summed E-state index contributed by atoms with van der Waals surface area (Å²) in [6.07, 6.45) is 8.44. The zero-order valence-corrected chi connectivity index (χ0v) is 16.4. The van der Waals surface area contributed by atoms with Crippen molar-refractivity contribution >= 4 is 28.7 Å². The number of rotatable bonds is 3. The molecule has 0 bridgehead atoms. The fraction of sp³-hybridized carbons (Fsp3) is 0.941. The first-order valence-electron chi connectivity index (χ1n) is 8.55. The Bertz CT molecular complexity index is 367. The molecule has 1 saturated heterocycles. The molecule has 0 aromatic rings. The van der Waals surface area contributed by atoms with Crippen LogP contribution in [0, 0.1) is 0 Å². The number of likely N-dealkylation sites (tertiary alicyclic amines) is 1. The van der Waals surface area contributed by atoms with E-state index in [1.165, 1.54) is 32.1 Å². The van der Waals surface area contributed by atoms with Crippen LogP contribution in [0.15, 0.2) is 0 Å². The van der Waals surface area contributed by atoms with Gasteiger partial charge in [-0.1, -0.05) is 41.9 Å². The summed E-state index contributed by atoms with van der Waals surface area (Å²) in [6, 6.07) is 0. The monoisotopic (exact) mass is 423 g/mol. The number of carbonyl (C=O) groups excluding carboxylic acids is 1. The highest BCUT2D eigenvalue weighted by Gasteiger charge is 2.39. The van der Waals surface area contributed by atoms with Crippen LogP contribution in [-0.4, -0.2) is 45.8 Å². The summed E-state index contributed by atoms with van der Waals surface area (Å²) in [7, 11) is 0. The number of hydrogen-bond donors (Lipinski definition) is 0. The van der Waals surface area contributed by atoms with E-state index in [2.05, 4.69) is 22.6 Å².